The molecule has 1 atom stereocenters. The number of carbonyl (C=O) groups is 4. The monoisotopic (exact) mass is 626 g/mol. The lowest BCUT2D eigenvalue weighted by atomic mass is 10.1. The summed E-state index contributed by atoms with van der Waals surface area (Å²) in [5.41, 5.74) is 5.35. The van der Waals surface area contributed by atoms with E-state index in [1.54, 1.807) is 11.8 Å². The molecule has 0 spiro atoms. The van der Waals surface area contributed by atoms with Gasteiger partial charge in [0.05, 0.1) is 25.8 Å². The second-order valence-corrected chi connectivity index (χ2v) is 11.1. The zero-order valence-corrected chi connectivity index (χ0v) is 27.0. The van der Waals surface area contributed by atoms with Gasteiger partial charge in [-0.1, -0.05) is 36.4 Å². The average Bonchev–Trinajstić information content (AvgIpc) is 2.99. The Balaban J connectivity index is 1.56. The zero-order chi connectivity index (χ0) is 32.8. The van der Waals surface area contributed by atoms with Crippen LogP contribution in [0.15, 0.2) is 36.4 Å². The van der Waals surface area contributed by atoms with Crippen LogP contribution < -0.4 is 10.6 Å². The molecule has 246 valence electrons. The highest BCUT2D eigenvalue weighted by molar-refractivity contribution is 5.96. The summed E-state index contributed by atoms with van der Waals surface area (Å²) < 4.78 is 21.8. The number of hydrogen-bond acceptors (Lipinski definition) is 10. The number of para-hydroxylation sites is 2. The van der Waals surface area contributed by atoms with Crippen LogP contribution in [0.4, 0.5) is 11.4 Å². The fourth-order valence-corrected chi connectivity index (χ4v) is 4.90. The van der Waals surface area contributed by atoms with Gasteiger partial charge in [-0.2, -0.15) is 0 Å². The maximum atomic E-state index is 13.2. The van der Waals surface area contributed by atoms with E-state index >= 15 is 0 Å². The van der Waals surface area contributed by atoms with Crippen molar-refractivity contribution in [1.29, 1.82) is 0 Å². The van der Waals surface area contributed by atoms with Gasteiger partial charge in [-0.05, 0) is 56.9 Å². The summed E-state index contributed by atoms with van der Waals surface area (Å²) in [4.78, 5) is 54.3. The van der Waals surface area contributed by atoms with Crippen LogP contribution >= 0.6 is 0 Å². The van der Waals surface area contributed by atoms with Crippen molar-refractivity contribution in [2.45, 2.75) is 40.7 Å². The highest BCUT2D eigenvalue weighted by atomic mass is 16.6. The molecule has 12 heteroatoms. The first-order chi connectivity index (χ1) is 21.5. The van der Waals surface area contributed by atoms with Crippen molar-refractivity contribution in [3.8, 4) is 0 Å². The summed E-state index contributed by atoms with van der Waals surface area (Å²) in [7, 11) is 0. The Kier molecular flexibility index (Phi) is 14.4. The predicted molar refractivity (Wildman–Crippen MR) is 170 cm³/mol. The van der Waals surface area contributed by atoms with Crippen LogP contribution in [-0.2, 0) is 38.1 Å². The third-order valence-corrected chi connectivity index (χ3v) is 7.60. The molecule has 0 saturated carbocycles. The molecule has 1 aliphatic heterocycles. The normalized spacial score (nSPS) is 17.7. The van der Waals surface area contributed by atoms with E-state index in [2.05, 4.69) is 10.6 Å². The van der Waals surface area contributed by atoms with E-state index in [0.29, 0.717) is 13.1 Å². The molecule has 2 aromatic rings. The lowest BCUT2D eigenvalue weighted by Gasteiger charge is -2.28. The van der Waals surface area contributed by atoms with E-state index in [1.165, 1.54) is 0 Å². The number of nitrogens with zero attached hydrogens (tertiary/aromatic N) is 2. The fraction of sp³-hybridized carbons (Fsp3) is 0.515. The number of hydrogen-bond donors (Lipinski definition) is 2. The first kappa shape index (κ1) is 35.6. The highest BCUT2D eigenvalue weighted by Crippen LogP contribution is 2.21. The smallest absolute Gasteiger partial charge is 0.332 e. The maximum Gasteiger partial charge on any atom is 0.332 e. The Bertz CT molecular complexity index is 1250. The van der Waals surface area contributed by atoms with Gasteiger partial charge in [-0.3, -0.25) is 19.4 Å². The van der Waals surface area contributed by atoms with Gasteiger partial charge in [0.1, 0.15) is 26.4 Å². The standard InChI is InChI=1S/C33H46N4O8/c1-23-8-6-9-24(2)31(23)34-28(38)20-36-12-18-44-29(39)21-42-16-14-37(15-17-43-22-30(40)45-19-13-36)27(5)33(41)35-32-25(3)10-7-11-26(32)4/h6-11,27H,12-22H2,1-5H3,(H,34,38)(H,35,41). The first-order valence-corrected chi connectivity index (χ1v) is 15.2. The van der Waals surface area contributed by atoms with Crippen molar-refractivity contribution in [2.24, 2.45) is 0 Å². The summed E-state index contributed by atoms with van der Waals surface area (Å²) in [5.74, 6) is -1.52. The van der Waals surface area contributed by atoms with Gasteiger partial charge < -0.3 is 29.6 Å². The van der Waals surface area contributed by atoms with Gasteiger partial charge in [0.15, 0.2) is 0 Å². The quantitative estimate of drug-likeness (QED) is 0.461. The number of rotatable bonds is 6. The molecule has 2 aromatic carbocycles. The Morgan fingerprint density at radius 2 is 1.16 bits per heavy atom. The molecular weight excluding hydrogens is 580 g/mol. The largest absolute Gasteiger partial charge is 0.463 e. The summed E-state index contributed by atoms with van der Waals surface area (Å²) in [5, 5.41) is 5.96. The molecule has 12 nitrogen and oxygen atoms in total. The Hall–Kier alpha value is -3.84. The Morgan fingerprint density at radius 3 is 1.62 bits per heavy atom. The predicted octanol–water partition coefficient (Wildman–Crippen LogP) is 2.62. The number of ether oxygens (including phenoxy) is 4. The minimum atomic E-state index is -0.543. The second-order valence-electron chi connectivity index (χ2n) is 11.1. The third-order valence-electron chi connectivity index (χ3n) is 7.60. The molecule has 1 fully saturated rings. The molecule has 45 heavy (non-hydrogen) atoms. The molecule has 2 amide bonds. The minimum absolute atomic E-state index is 0.0148. The Labute approximate surface area is 265 Å². The number of amides is 2. The van der Waals surface area contributed by atoms with Gasteiger partial charge in [0.2, 0.25) is 11.8 Å². The number of anilines is 2. The van der Waals surface area contributed by atoms with E-state index in [0.717, 1.165) is 33.6 Å². The van der Waals surface area contributed by atoms with E-state index < -0.39 is 18.0 Å². The van der Waals surface area contributed by atoms with E-state index in [4.69, 9.17) is 18.9 Å². The van der Waals surface area contributed by atoms with Crippen molar-refractivity contribution in [1.82, 2.24) is 9.80 Å². The number of cyclic esters (lactones) is 2. The van der Waals surface area contributed by atoms with Crippen LogP contribution in [0.1, 0.15) is 29.2 Å². The molecule has 1 unspecified atom stereocenters. The molecule has 1 aliphatic rings. The number of esters is 2. The topological polar surface area (TPSA) is 136 Å². The first-order valence-electron chi connectivity index (χ1n) is 15.2. The molecule has 0 aromatic heterocycles. The van der Waals surface area contributed by atoms with Crippen LogP contribution in [0.25, 0.3) is 0 Å². The van der Waals surface area contributed by atoms with Crippen molar-refractivity contribution in [3.63, 3.8) is 0 Å². The summed E-state index contributed by atoms with van der Waals surface area (Å²) >= 11 is 0. The minimum Gasteiger partial charge on any atom is -0.463 e. The van der Waals surface area contributed by atoms with Gasteiger partial charge in [-0.15, -0.1) is 0 Å². The van der Waals surface area contributed by atoms with Crippen molar-refractivity contribution in [3.05, 3.63) is 58.7 Å². The van der Waals surface area contributed by atoms with Crippen LogP contribution in [0.5, 0.6) is 0 Å². The molecule has 1 saturated heterocycles. The lowest BCUT2D eigenvalue weighted by molar-refractivity contribution is -0.150. The molecule has 0 bridgehead atoms. The second kappa shape index (κ2) is 18.2. The van der Waals surface area contributed by atoms with E-state index in [1.807, 2.05) is 69.0 Å². The van der Waals surface area contributed by atoms with Crippen molar-refractivity contribution < 1.29 is 38.1 Å². The van der Waals surface area contributed by atoms with Crippen LogP contribution in [0.3, 0.4) is 0 Å². The van der Waals surface area contributed by atoms with Crippen molar-refractivity contribution in [2.75, 3.05) is 83.0 Å². The fourth-order valence-electron chi connectivity index (χ4n) is 4.90. The summed E-state index contributed by atoms with van der Waals surface area (Å²) in [6.45, 7) is 10.6. The number of benzene rings is 2. The van der Waals surface area contributed by atoms with Crippen molar-refractivity contribution >= 4 is 35.1 Å². The number of aryl methyl sites for hydroxylation is 4. The third kappa shape index (κ3) is 11.9. The lowest BCUT2D eigenvalue weighted by Crippen LogP contribution is -2.45. The molecule has 0 radical (unpaired) electrons. The van der Waals surface area contributed by atoms with Crippen LogP contribution in [0.2, 0.25) is 0 Å². The number of carbonyl (C=O) groups excluding carboxylic acids is 4. The molecule has 2 N–H and O–H groups in total. The molecular formula is C33H46N4O8. The van der Waals surface area contributed by atoms with Crippen LogP contribution in [0, 0.1) is 27.7 Å². The van der Waals surface area contributed by atoms with Gasteiger partial charge in [-0.25, -0.2) is 9.59 Å². The molecule has 1 heterocycles. The number of nitrogens with one attached hydrogen (secondary N) is 2. The van der Waals surface area contributed by atoms with E-state index in [-0.39, 0.29) is 71.1 Å². The Morgan fingerprint density at radius 1 is 0.711 bits per heavy atom. The average molecular weight is 627 g/mol. The SMILES string of the molecule is Cc1cccc(C)c1NC(=O)CN1CCOC(=O)COCCN(C(C)C(=O)Nc2c(C)cccc2C)CCOCC(=O)OCC1. The molecule has 0 aliphatic carbocycles. The zero-order valence-electron chi connectivity index (χ0n) is 27.0. The van der Waals surface area contributed by atoms with Gasteiger partial charge in [0.25, 0.3) is 0 Å². The van der Waals surface area contributed by atoms with E-state index in [9.17, 15) is 19.2 Å². The van der Waals surface area contributed by atoms with Gasteiger partial charge >= 0.3 is 11.9 Å². The summed E-state index contributed by atoms with van der Waals surface area (Å²) in [6.07, 6.45) is 0. The molecule has 3 rings (SSSR count). The van der Waals surface area contributed by atoms with Gasteiger partial charge in [0, 0.05) is 37.6 Å². The highest BCUT2D eigenvalue weighted by Gasteiger charge is 2.23. The maximum absolute atomic E-state index is 13.2. The van der Waals surface area contributed by atoms with Crippen LogP contribution in [-0.4, -0.2) is 112 Å². The summed E-state index contributed by atoms with van der Waals surface area (Å²) in [6, 6.07) is 11.0.